The summed E-state index contributed by atoms with van der Waals surface area (Å²) in [5.41, 5.74) is 7.49. The molecule has 0 radical (unpaired) electrons. The average molecular weight is 281 g/mol. The van der Waals surface area contributed by atoms with E-state index in [0.29, 0.717) is 6.54 Å². The molecule has 0 amide bonds. The first kappa shape index (κ1) is 15.9. The van der Waals surface area contributed by atoms with Crippen molar-refractivity contribution in [3.8, 4) is 0 Å². The van der Waals surface area contributed by atoms with Gasteiger partial charge in [-0.05, 0) is 24.3 Å². The molecule has 0 unspecified atom stereocenters. The van der Waals surface area contributed by atoms with Crippen molar-refractivity contribution >= 4 is 23.3 Å². The summed E-state index contributed by atoms with van der Waals surface area (Å²) in [4.78, 5) is 3.13. The Kier molecular flexibility index (Phi) is 6.73. The van der Waals surface area contributed by atoms with Crippen molar-refractivity contribution in [2.24, 2.45) is 5.73 Å². The molecule has 1 aromatic rings. The van der Waals surface area contributed by atoms with Gasteiger partial charge >= 0.3 is 0 Å². The lowest BCUT2D eigenvalue weighted by Crippen LogP contribution is -2.30. The number of amidine groups is 1. The Labute approximate surface area is 119 Å². The summed E-state index contributed by atoms with van der Waals surface area (Å²) in [6, 6.07) is 5.96. The van der Waals surface area contributed by atoms with Gasteiger partial charge in [0, 0.05) is 23.7 Å². The number of hydrogen-bond donors (Lipinski definition) is 3. The first-order valence-electron chi connectivity index (χ1n) is 6.61. The molecule has 106 valence electrons. The third-order valence-corrected chi connectivity index (χ3v) is 3.72. The van der Waals surface area contributed by atoms with Gasteiger partial charge in [-0.2, -0.15) is 0 Å². The molecule has 0 spiro atoms. The van der Waals surface area contributed by atoms with E-state index in [4.69, 9.17) is 11.1 Å². The highest BCUT2D eigenvalue weighted by atomic mass is 32.2. The normalized spacial score (nSPS) is 10.5. The van der Waals surface area contributed by atoms with Gasteiger partial charge in [-0.3, -0.25) is 5.41 Å². The summed E-state index contributed by atoms with van der Waals surface area (Å²) in [5.74, 6) is 1.03. The van der Waals surface area contributed by atoms with Gasteiger partial charge < -0.3 is 15.7 Å². The molecule has 0 bridgehead atoms. The highest BCUT2D eigenvalue weighted by Gasteiger charge is 2.16. The van der Waals surface area contributed by atoms with Crippen LogP contribution in [-0.4, -0.2) is 36.4 Å². The van der Waals surface area contributed by atoms with Crippen LogP contribution in [0.2, 0.25) is 0 Å². The fourth-order valence-corrected chi connectivity index (χ4v) is 2.92. The van der Waals surface area contributed by atoms with Gasteiger partial charge in [-0.1, -0.05) is 19.9 Å². The summed E-state index contributed by atoms with van der Waals surface area (Å²) in [5, 5.41) is 17.0. The smallest absolute Gasteiger partial charge is 0.126 e. The lowest BCUT2D eigenvalue weighted by molar-refractivity contribution is 0.302. The van der Waals surface area contributed by atoms with E-state index in [0.717, 1.165) is 34.9 Å². The minimum Gasteiger partial charge on any atom is -0.395 e. The third kappa shape index (κ3) is 4.14. The van der Waals surface area contributed by atoms with Crippen molar-refractivity contribution in [2.75, 3.05) is 30.3 Å². The number of nitrogen functional groups attached to an aromatic ring is 1. The zero-order valence-corrected chi connectivity index (χ0v) is 12.5. The van der Waals surface area contributed by atoms with E-state index in [1.54, 1.807) is 11.8 Å². The first-order valence-corrected chi connectivity index (χ1v) is 7.60. The zero-order chi connectivity index (χ0) is 14.3. The first-order chi connectivity index (χ1) is 9.15. The maximum atomic E-state index is 9.19. The summed E-state index contributed by atoms with van der Waals surface area (Å²) < 4.78 is 0. The number of nitrogens with zero attached hydrogens (tertiary/aromatic N) is 1. The SMILES string of the molecule is CCCN(CCO)c1cccc(SCC)c1C(=N)N. The predicted molar refractivity (Wildman–Crippen MR) is 83.4 cm³/mol. The number of nitrogens with one attached hydrogen (secondary N) is 1. The van der Waals surface area contributed by atoms with Crippen LogP contribution in [0.1, 0.15) is 25.8 Å². The van der Waals surface area contributed by atoms with Gasteiger partial charge in [-0.15, -0.1) is 11.8 Å². The molecule has 0 aliphatic rings. The summed E-state index contributed by atoms with van der Waals surface area (Å²) in [6.45, 7) is 5.69. The Balaban J connectivity index is 3.23. The van der Waals surface area contributed by atoms with E-state index in [1.165, 1.54) is 0 Å². The standard InChI is InChI=1S/C14H23N3OS/c1-3-8-17(9-10-18)11-6-5-7-12(19-4-2)13(11)14(15)16/h5-7,18H,3-4,8-10H2,1-2H3,(H3,15,16). The summed E-state index contributed by atoms with van der Waals surface area (Å²) >= 11 is 1.69. The lowest BCUT2D eigenvalue weighted by atomic mass is 10.1. The van der Waals surface area contributed by atoms with Crippen molar-refractivity contribution in [1.29, 1.82) is 5.41 Å². The van der Waals surface area contributed by atoms with Gasteiger partial charge in [-0.25, -0.2) is 0 Å². The Hall–Kier alpha value is -1.20. The van der Waals surface area contributed by atoms with Crippen LogP contribution in [0, 0.1) is 5.41 Å². The monoisotopic (exact) mass is 281 g/mol. The molecular formula is C14H23N3OS. The van der Waals surface area contributed by atoms with Gasteiger partial charge in [0.2, 0.25) is 0 Å². The molecule has 0 aromatic heterocycles. The molecule has 1 rings (SSSR count). The Morgan fingerprint density at radius 1 is 1.37 bits per heavy atom. The maximum Gasteiger partial charge on any atom is 0.126 e. The van der Waals surface area contributed by atoms with Crippen LogP contribution in [0.25, 0.3) is 0 Å². The molecule has 4 N–H and O–H groups in total. The highest BCUT2D eigenvalue weighted by molar-refractivity contribution is 7.99. The van der Waals surface area contributed by atoms with Gasteiger partial charge in [0.1, 0.15) is 5.84 Å². The van der Waals surface area contributed by atoms with E-state index in [-0.39, 0.29) is 12.4 Å². The number of nitrogens with two attached hydrogens (primary N) is 1. The Bertz CT molecular complexity index is 417. The maximum absolute atomic E-state index is 9.19. The van der Waals surface area contributed by atoms with Gasteiger partial charge in [0.05, 0.1) is 12.2 Å². The van der Waals surface area contributed by atoms with Crippen molar-refractivity contribution in [3.05, 3.63) is 23.8 Å². The minimum absolute atomic E-state index is 0.0885. The number of aliphatic hydroxyl groups excluding tert-OH is 1. The van der Waals surface area contributed by atoms with E-state index < -0.39 is 0 Å². The van der Waals surface area contributed by atoms with Crippen LogP contribution in [0.3, 0.4) is 0 Å². The molecule has 0 aliphatic heterocycles. The molecule has 0 saturated heterocycles. The molecular weight excluding hydrogens is 258 g/mol. The second-order valence-electron chi connectivity index (χ2n) is 4.21. The molecule has 19 heavy (non-hydrogen) atoms. The molecule has 0 fully saturated rings. The highest BCUT2D eigenvalue weighted by Crippen LogP contribution is 2.30. The molecule has 4 nitrogen and oxygen atoms in total. The van der Waals surface area contributed by atoms with Crippen LogP contribution in [-0.2, 0) is 0 Å². The zero-order valence-electron chi connectivity index (χ0n) is 11.6. The number of thioether (sulfide) groups is 1. The predicted octanol–water partition coefficient (Wildman–Crippen LogP) is 2.29. The number of anilines is 1. The van der Waals surface area contributed by atoms with Gasteiger partial charge in [0.15, 0.2) is 0 Å². The second kappa shape index (κ2) is 8.07. The van der Waals surface area contributed by atoms with Crippen LogP contribution in [0.15, 0.2) is 23.1 Å². The molecule has 0 saturated carbocycles. The summed E-state index contributed by atoms with van der Waals surface area (Å²) in [6.07, 6.45) is 0.989. The minimum atomic E-state index is 0.0885. The van der Waals surface area contributed by atoms with Crippen molar-refractivity contribution < 1.29 is 5.11 Å². The molecule has 0 heterocycles. The number of hydrogen-bond acceptors (Lipinski definition) is 4. The van der Waals surface area contributed by atoms with Crippen molar-refractivity contribution in [1.82, 2.24) is 0 Å². The van der Waals surface area contributed by atoms with Crippen LogP contribution in [0.4, 0.5) is 5.69 Å². The molecule has 0 aliphatic carbocycles. The van der Waals surface area contributed by atoms with Gasteiger partial charge in [0.25, 0.3) is 0 Å². The topological polar surface area (TPSA) is 73.3 Å². The lowest BCUT2D eigenvalue weighted by Gasteiger charge is -2.26. The Morgan fingerprint density at radius 3 is 2.63 bits per heavy atom. The van der Waals surface area contributed by atoms with Crippen LogP contribution < -0.4 is 10.6 Å². The fraction of sp³-hybridized carbons (Fsp3) is 0.500. The average Bonchev–Trinajstić information content (AvgIpc) is 2.38. The Morgan fingerprint density at radius 2 is 2.11 bits per heavy atom. The summed E-state index contributed by atoms with van der Waals surface area (Å²) in [7, 11) is 0. The number of benzene rings is 1. The van der Waals surface area contributed by atoms with E-state index in [2.05, 4.69) is 18.7 Å². The fourth-order valence-electron chi connectivity index (χ4n) is 2.07. The molecule has 0 atom stereocenters. The van der Waals surface area contributed by atoms with E-state index >= 15 is 0 Å². The molecule has 1 aromatic carbocycles. The quantitative estimate of drug-likeness (QED) is 0.388. The van der Waals surface area contributed by atoms with E-state index in [1.807, 2.05) is 18.2 Å². The third-order valence-electron chi connectivity index (χ3n) is 2.78. The van der Waals surface area contributed by atoms with E-state index in [9.17, 15) is 5.11 Å². The number of rotatable bonds is 8. The van der Waals surface area contributed by atoms with Crippen molar-refractivity contribution in [2.45, 2.75) is 25.2 Å². The number of aliphatic hydroxyl groups is 1. The molecule has 5 heteroatoms. The second-order valence-corrected chi connectivity index (χ2v) is 5.51. The van der Waals surface area contributed by atoms with Crippen LogP contribution >= 0.6 is 11.8 Å². The van der Waals surface area contributed by atoms with Crippen LogP contribution in [0.5, 0.6) is 0 Å². The largest absolute Gasteiger partial charge is 0.395 e. The van der Waals surface area contributed by atoms with Crippen molar-refractivity contribution in [3.63, 3.8) is 0 Å².